The van der Waals surface area contributed by atoms with Crippen LogP contribution < -0.4 is 5.32 Å². The molecule has 0 saturated heterocycles. The maximum absolute atomic E-state index is 12.5. The van der Waals surface area contributed by atoms with E-state index in [4.69, 9.17) is 0 Å². The number of carbonyl (C=O) groups is 1. The first kappa shape index (κ1) is 17.0. The molecule has 7 nitrogen and oxygen atoms in total. The first-order valence-corrected chi connectivity index (χ1v) is 7.47. The molecule has 7 heteroatoms. The number of hydrogen-bond acceptors (Lipinski definition) is 4. The standard InChI is InChI=1S/C16H23N5O2/c1-16(2,23)11-21(10-13-7-5-4-6-8-13)15(22)17-9-14-18-12-19-20(14)3/h4-8,12,23H,9-11H2,1-3H3,(H,17,22). The van der Waals surface area contributed by atoms with Gasteiger partial charge in [0.15, 0.2) is 0 Å². The normalized spacial score (nSPS) is 11.3. The molecule has 0 aliphatic heterocycles. The van der Waals surface area contributed by atoms with Gasteiger partial charge in [-0.2, -0.15) is 5.10 Å². The minimum atomic E-state index is -0.975. The van der Waals surface area contributed by atoms with Crippen molar-refractivity contribution in [3.8, 4) is 0 Å². The minimum absolute atomic E-state index is 0.229. The molecule has 23 heavy (non-hydrogen) atoms. The fourth-order valence-corrected chi connectivity index (χ4v) is 2.22. The van der Waals surface area contributed by atoms with Crippen molar-refractivity contribution in [2.75, 3.05) is 6.54 Å². The van der Waals surface area contributed by atoms with Gasteiger partial charge in [-0.05, 0) is 19.4 Å². The predicted molar refractivity (Wildman–Crippen MR) is 86.4 cm³/mol. The molecule has 0 aliphatic carbocycles. The molecule has 2 N–H and O–H groups in total. The second kappa shape index (κ2) is 7.23. The first-order chi connectivity index (χ1) is 10.8. The zero-order valence-electron chi connectivity index (χ0n) is 13.7. The second-order valence-electron chi connectivity index (χ2n) is 6.11. The van der Waals surface area contributed by atoms with Crippen LogP contribution in [0, 0.1) is 0 Å². The highest BCUT2D eigenvalue weighted by molar-refractivity contribution is 5.74. The third kappa shape index (κ3) is 5.37. The lowest BCUT2D eigenvalue weighted by molar-refractivity contribution is 0.0446. The molecule has 0 fully saturated rings. The fourth-order valence-electron chi connectivity index (χ4n) is 2.22. The van der Waals surface area contributed by atoms with Gasteiger partial charge in [0.2, 0.25) is 0 Å². The summed E-state index contributed by atoms with van der Waals surface area (Å²) < 4.78 is 1.61. The predicted octanol–water partition coefficient (Wildman–Crippen LogP) is 1.30. The Morgan fingerprint density at radius 1 is 1.35 bits per heavy atom. The van der Waals surface area contributed by atoms with Gasteiger partial charge in [0, 0.05) is 13.6 Å². The second-order valence-corrected chi connectivity index (χ2v) is 6.11. The zero-order chi connectivity index (χ0) is 16.9. The van der Waals surface area contributed by atoms with Gasteiger partial charge in [-0.15, -0.1) is 0 Å². The number of carbonyl (C=O) groups excluding carboxylic acids is 1. The van der Waals surface area contributed by atoms with Crippen LogP contribution in [0.15, 0.2) is 36.7 Å². The van der Waals surface area contributed by atoms with Crippen LogP contribution in [0.1, 0.15) is 25.2 Å². The molecular formula is C16H23N5O2. The van der Waals surface area contributed by atoms with Crippen molar-refractivity contribution in [1.29, 1.82) is 0 Å². The van der Waals surface area contributed by atoms with Gasteiger partial charge in [0.25, 0.3) is 0 Å². The van der Waals surface area contributed by atoms with Crippen LogP contribution in [0.4, 0.5) is 4.79 Å². The van der Waals surface area contributed by atoms with Gasteiger partial charge in [-0.25, -0.2) is 9.78 Å². The smallest absolute Gasteiger partial charge is 0.318 e. The molecule has 0 spiro atoms. The summed E-state index contributed by atoms with van der Waals surface area (Å²) in [5.41, 5.74) is 0.0298. The molecule has 1 aromatic carbocycles. The molecular weight excluding hydrogens is 294 g/mol. The number of urea groups is 1. The van der Waals surface area contributed by atoms with Crippen molar-refractivity contribution in [3.05, 3.63) is 48.0 Å². The molecule has 0 unspecified atom stereocenters. The number of hydrogen-bond donors (Lipinski definition) is 2. The van der Waals surface area contributed by atoms with Gasteiger partial charge in [-0.1, -0.05) is 30.3 Å². The summed E-state index contributed by atoms with van der Waals surface area (Å²) in [5, 5.41) is 16.9. The minimum Gasteiger partial charge on any atom is -0.389 e. The van der Waals surface area contributed by atoms with Gasteiger partial charge in [0.1, 0.15) is 12.2 Å². The summed E-state index contributed by atoms with van der Waals surface area (Å²) in [6.45, 7) is 4.30. The summed E-state index contributed by atoms with van der Waals surface area (Å²) in [6, 6.07) is 9.43. The first-order valence-electron chi connectivity index (χ1n) is 7.47. The van der Waals surface area contributed by atoms with E-state index in [0.29, 0.717) is 12.4 Å². The van der Waals surface area contributed by atoms with Gasteiger partial charge in [-0.3, -0.25) is 4.68 Å². The Bertz CT molecular complexity index is 633. The average molecular weight is 317 g/mol. The van der Waals surface area contributed by atoms with E-state index in [9.17, 15) is 9.90 Å². The van der Waals surface area contributed by atoms with Gasteiger partial charge < -0.3 is 15.3 Å². The number of benzene rings is 1. The summed E-state index contributed by atoms with van der Waals surface area (Å²) >= 11 is 0. The molecule has 2 rings (SSSR count). The third-order valence-corrected chi connectivity index (χ3v) is 3.28. The lowest BCUT2D eigenvalue weighted by Gasteiger charge is -2.29. The van der Waals surface area contributed by atoms with Crippen molar-refractivity contribution in [2.24, 2.45) is 7.05 Å². The highest BCUT2D eigenvalue weighted by Gasteiger charge is 2.22. The van der Waals surface area contributed by atoms with E-state index in [1.54, 1.807) is 30.5 Å². The molecule has 0 bridgehead atoms. The Balaban J connectivity index is 2.03. The van der Waals surface area contributed by atoms with Crippen LogP contribution in [0.2, 0.25) is 0 Å². The number of rotatable bonds is 6. The summed E-state index contributed by atoms with van der Waals surface area (Å²) in [6.07, 6.45) is 1.44. The lowest BCUT2D eigenvalue weighted by Crippen LogP contribution is -2.46. The molecule has 1 heterocycles. The SMILES string of the molecule is Cn1ncnc1CNC(=O)N(Cc1ccccc1)CC(C)(C)O. The van der Waals surface area contributed by atoms with Crippen molar-refractivity contribution >= 4 is 6.03 Å². The summed E-state index contributed by atoms with van der Waals surface area (Å²) in [4.78, 5) is 18.1. The quantitative estimate of drug-likeness (QED) is 0.841. The molecule has 2 aromatic rings. The van der Waals surface area contributed by atoms with E-state index in [1.807, 2.05) is 30.3 Å². The van der Waals surface area contributed by atoms with Gasteiger partial charge in [0.05, 0.1) is 18.7 Å². The Morgan fingerprint density at radius 2 is 2.04 bits per heavy atom. The van der Waals surface area contributed by atoms with E-state index < -0.39 is 5.60 Å². The molecule has 0 atom stereocenters. The Morgan fingerprint density at radius 3 is 2.61 bits per heavy atom. The molecule has 0 aliphatic rings. The summed E-state index contributed by atoms with van der Waals surface area (Å²) in [5.74, 6) is 0.668. The summed E-state index contributed by atoms with van der Waals surface area (Å²) in [7, 11) is 1.77. The Labute approximate surface area is 136 Å². The number of aromatic nitrogens is 3. The number of aliphatic hydroxyl groups is 1. The van der Waals surface area contributed by atoms with Crippen LogP contribution in [0.3, 0.4) is 0 Å². The molecule has 0 radical (unpaired) electrons. The van der Waals surface area contributed by atoms with E-state index in [1.165, 1.54) is 6.33 Å². The Hall–Kier alpha value is -2.41. The van der Waals surface area contributed by atoms with E-state index in [-0.39, 0.29) is 19.1 Å². The Kier molecular flexibility index (Phi) is 5.33. The van der Waals surface area contributed by atoms with Crippen LogP contribution in [0.5, 0.6) is 0 Å². The molecule has 124 valence electrons. The van der Waals surface area contributed by atoms with Crippen LogP contribution in [-0.4, -0.2) is 42.9 Å². The highest BCUT2D eigenvalue weighted by Crippen LogP contribution is 2.10. The number of aryl methyl sites for hydroxylation is 1. The third-order valence-electron chi connectivity index (χ3n) is 3.28. The van der Waals surface area contributed by atoms with Crippen molar-refractivity contribution < 1.29 is 9.90 Å². The van der Waals surface area contributed by atoms with E-state index >= 15 is 0 Å². The molecule has 1 aromatic heterocycles. The lowest BCUT2D eigenvalue weighted by atomic mass is 10.1. The van der Waals surface area contributed by atoms with Crippen LogP contribution >= 0.6 is 0 Å². The van der Waals surface area contributed by atoms with Crippen molar-refractivity contribution in [2.45, 2.75) is 32.5 Å². The average Bonchev–Trinajstić information content (AvgIpc) is 2.89. The zero-order valence-corrected chi connectivity index (χ0v) is 13.7. The molecule has 0 saturated carbocycles. The topological polar surface area (TPSA) is 83.3 Å². The molecule has 2 amide bonds. The highest BCUT2D eigenvalue weighted by atomic mass is 16.3. The van der Waals surface area contributed by atoms with Crippen LogP contribution in [-0.2, 0) is 20.1 Å². The van der Waals surface area contributed by atoms with E-state index in [2.05, 4.69) is 15.4 Å². The number of nitrogens with one attached hydrogen (secondary N) is 1. The monoisotopic (exact) mass is 317 g/mol. The number of amides is 2. The number of nitrogens with zero attached hydrogens (tertiary/aromatic N) is 4. The van der Waals surface area contributed by atoms with Crippen molar-refractivity contribution in [3.63, 3.8) is 0 Å². The van der Waals surface area contributed by atoms with Crippen LogP contribution in [0.25, 0.3) is 0 Å². The van der Waals surface area contributed by atoms with Gasteiger partial charge >= 0.3 is 6.03 Å². The van der Waals surface area contributed by atoms with E-state index in [0.717, 1.165) is 5.56 Å². The maximum Gasteiger partial charge on any atom is 0.318 e. The largest absolute Gasteiger partial charge is 0.389 e. The maximum atomic E-state index is 12.5. The fraction of sp³-hybridized carbons (Fsp3) is 0.438. The van der Waals surface area contributed by atoms with Crippen molar-refractivity contribution in [1.82, 2.24) is 25.0 Å².